The van der Waals surface area contributed by atoms with Crippen LogP contribution >= 0.6 is 0 Å². The number of rotatable bonds is 4. The maximum Gasteiger partial charge on any atom is 0.196 e. The number of phenolic OH excluding ortho intramolecular Hbond substituents is 1. The summed E-state index contributed by atoms with van der Waals surface area (Å²) < 4.78 is 5.39. The maximum absolute atomic E-state index is 12.6. The molecule has 3 heteroatoms. The van der Waals surface area contributed by atoms with Gasteiger partial charge in [-0.2, -0.15) is 0 Å². The molecule has 0 aromatic heterocycles. The van der Waals surface area contributed by atoms with Crippen LogP contribution in [0.25, 0.3) is 11.1 Å². The summed E-state index contributed by atoms with van der Waals surface area (Å²) in [4.78, 5) is 12.6. The Hall–Kier alpha value is -3.07. The van der Waals surface area contributed by atoms with E-state index in [1.807, 2.05) is 36.4 Å². The molecular formula is C20H16O3. The Kier molecular flexibility index (Phi) is 4.11. The minimum Gasteiger partial charge on any atom is -0.507 e. The summed E-state index contributed by atoms with van der Waals surface area (Å²) in [5, 5.41) is 9.98. The summed E-state index contributed by atoms with van der Waals surface area (Å²) in [6.45, 7) is 0. The van der Waals surface area contributed by atoms with Crippen LogP contribution in [0.4, 0.5) is 0 Å². The van der Waals surface area contributed by atoms with Gasteiger partial charge in [0, 0.05) is 11.1 Å². The molecule has 3 rings (SSSR count). The van der Waals surface area contributed by atoms with Crippen molar-refractivity contribution in [3.63, 3.8) is 0 Å². The first-order valence-electron chi connectivity index (χ1n) is 7.27. The first-order valence-corrected chi connectivity index (χ1v) is 7.27. The summed E-state index contributed by atoms with van der Waals surface area (Å²) in [5.41, 5.74) is 2.60. The van der Waals surface area contributed by atoms with Gasteiger partial charge in [0.2, 0.25) is 0 Å². The Morgan fingerprint density at radius 3 is 2.30 bits per heavy atom. The fourth-order valence-electron chi connectivity index (χ4n) is 2.51. The van der Waals surface area contributed by atoms with Crippen molar-refractivity contribution in [3.05, 3.63) is 83.9 Å². The maximum atomic E-state index is 12.6. The average Bonchev–Trinajstić information content (AvgIpc) is 2.62. The van der Waals surface area contributed by atoms with Gasteiger partial charge in [0.25, 0.3) is 0 Å². The highest BCUT2D eigenvalue weighted by Crippen LogP contribution is 2.33. The molecule has 0 aliphatic carbocycles. The lowest BCUT2D eigenvalue weighted by atomic mass is 9.98. The lowest BCUT2D eigenvalue weighted by Gasteiger charge is -2.11. The number of ether oxygens (including phenoxy) is 1. The van der Waals surface area contributed by atoms with Gasteiger partial charge < -0.3 is 9.84 Å². The van der Waals surface area contributed by atoms with Gasteiger partial charge in [0.05, 0.1) is 12.7 Å². The molecule has 3 nitrogen and oxygen atoms in total. The highest BCUT2D eigenvalue weighted by Gasteiger charge is 2.15. The van der Waals surface area contributed by atoms with Crippen molar-refractivity contribution in [2.75, 3.05) is 7.11 Å². The third-order valence-electron chi connectivity index (χ3n) is 3.70. The quantitative estimate of drug-likeness (QED) is 0.731. The van der Waals surface area contributed by atoms with Gasteiger partial charge in [-0.1, -0.05) is 54.6 Å². The van der Waals surface area contributed by atoms with Gasteiger partial charge in [-0.3, -0.25) is 4.79 Å². The third-order valence-corrected chi connectivity index (χ3v) is 3.70. The SMILES string of the molecule is COc1cc(-c2ccccc2O)ccc1C(=O)c1ccccc1. The Balaban J connectivity index is 2.04. The number of hydrogen-bond acceptors (Lipinski definition) is 3. The lowest BCUT2D eigenvalue weighted by Crippen LogP contribution is -2.04. The molecule has 0 saturated carbocycles. The fourth-order valence-corrected chi connectivity index (χ4v) is 2.51. The number of aromatic hydroxyl groups is 1. The van der Waals surface area contributed by atoms with E-state index in [2.05, 4.69) is 0 Å². The second kappa shape index (κ2) is 6.36. The average molecular weight is 304 g/mol. The van der Waals surface area contributed by atoms with E-state index in [0.29, 0.717) is 22.4 Å². The second-order valence-electron chi connectivity index (χ2n) is 5.13. The van der Waals surface area contributed by atoms with Gasteiger partial charge in [0.1, 0.15) is 11.5 Å². The zero-order valence-corrected chi connectivity index (χ0v) is 12.7. The van der Waals surface area contributed by atoms with Gasteiger partial charge in [-0.25, -0.2) is 0 Å². The van der Waals surface area contributed by atoms with Gasteiger partial charge >= 0.3 is 0 Å². The standard InChI is InChI=1S/C20H16O3/c1-23-19-13-15(16-9-5-6-10-18(16)21)11-12-17(19)20(22)14-7-3-2-4-8-14/h2-13,21H,1H3. The molecule has 0 bridgehead atoms. The molecule has 0 saturated heterocycles. The van der Waals surface area contributed by atoms with Crippen molar-refractivity contribution >= 4 is 5.78 Å². The van der Waals surface area contributed by atoms with E-state index in [9.17, 15) is 9.90 Å². The second-order valence-corrected chi connectivity index (χ2v) is 5.13. The van der Waals surface area contributed by atoms with Crippen LogP contribution in [0.15, 0.2) is 72.8 Å². The third kappa shape index (κ3) is 2.94. The number of carbonyl (C=O) groups excluding carboxylic acids is 1. The van der Waals surface area contributed by atoms with E-state index < -0.39 is 0 Å². The molecule has 0 aliphatic heterocycles. The molecule has 0 fully saturated rings. The molecule has 23 heavy (non-hydrogen) atoms. The van der Waals surface area contributed by atoms with Crippen LogP contribution in [0.5, 0.6) is 11.5 Å². The molecular weight excluding hydrogens is 288 g/mol. The first-order chi connectivity index (χ1) is 11.2. The van der Waals surface area contributed by atoms with Gasteiger partial charge in [-0.15, -0.1) is 0 Å². The van der Waals surface area contributed by atoms with Crippen LogP contribution in [0, 0.1) is 0 Å². The minimum atomic E-state index is -0.0914. The van der Waals surface area contributed by atoms with Crippen molar-refractivity contribution < 1.29 is 14.6 Å². The molecule has 0 heterocycles. The normalized spacial score (nSPS) is 10.3. The highest BCUT2D eigenvalue weighted by molar-refractivity contribution is 6.11. The van der Waals surface area contributed by atoms with E-state index in [1.165, 1.54) is 7.11 Å². The number of hydrogen-bond donors (Lipinski definition) is 1. The monoisotopic (exact) mass is 304 g/mol. The largest absolute Gasteiger partial charge is 0.507 e. The van der Waals surface area contributed by atoms with Crippen LogP contribution in [-0.4, -0.2) is 18.0 Å². The van der Waals surface area contributed by atoms with Crippen molar-refractivity contribution in [3.8, 4) is 22.6 Å². The summed E-state index contributed by atoms with van der Waals surface area (Å²) in [5.74, 6) is 0.586. The summed E-state index contributed by atoms with van der Waals surface area (Å²) in [7, 11) is 1.53. The van der Waals surface area contributed by atoms with Crippen LogP contribution < -0.4 is 4.74 Å². The molecule has 0 aliphatic rings. The highest BCUT2D eigenvalue weighted by atomic mass is 16.5. The molecule has 0 amide bonds. The Morgan fingerprint density at radius 2 is 1.61 bits per heavy atom. The fraction of sp³-hybridized carbons (Fsp3) is 0.0500. The zero-order valence-electron chi connectivity index (χ0n) is 12.7. The topological polar surface area (TPSA) is 46.5 Å². The van der Waals surface area contributed by atoms with Crippen molar-refractivity contribution in [2.24, 2.45) is 0 Å². The number of ketones is 1. The number of methoxy groups -OCH3 is 1. The molecule has 0 spiro atoms. The Bertz CT molecular complexity index is 839. The predicted molar refractivity (Wildman–Crippen MR) is 90.0 cm³/mol. The number of phenols is 1. The molecule has 0 radical (unpaired) electrons. The smallest absolute Gasteiger partial charge is 0.196 e. The lowest BCUT2D eigenvalue weighted by molar-refractivity contribution is 0.103. The first kappa shape index (κ1) is 14.9. The van der Waals surface area contributed by atoms with E-state index in [1.54, 1.807) is 36.4 Å². The van der Waals surface area contributed by atoms with Gasteiger partial charge in [-0.05, 0) is 23.8 Å². The zero-order chi connectivity index (χ0) is 16.2. The molecule has 114 valence electrons. The Morgan fingerprint density at radius 1 is 0.913 bits per heavy atom. The summed E-state index contributed by atoms with van der Waals surface area (Å²) >= 11 is 0. The number of para-hydroxylation sites is 1. The van der Waals surface area contributed by atoms with E-state index in [-0.39, 0.29) is 11.5 Å². The molecule has 3 aromatic carbocycles. The van der Waals surface area contributed by atoms with E-state index >= 15 is 0 Å². The van der Waals surface area contributed by atoms with E-state index in [0.717, 1.165) is 5.56 Å². The molecule has 1 N–H and O–H groups in total. The number of carbonyl (C=O) groups is 1. The minimum absolute atomic E-state index is 0.0914. The molecule has 3 aromatic rings. The van der Waals surface area contributed by atoms with Crippen LogP contribution in [0.3, 0.4) is 0 Å². The Labute approximate surface area is 134 Å². The van der Waals surface area contributed by atoms with Crippen molar-refractivity contribution in [1.29, 1.82) is 0 Å². The number of benzene rings is 3. The van der Waals surface area contributed by atoms with Crippen LogP contribution in [0.2, 0.25) is 0 Å². The molecule has 0 atom stereocenters. The van der Waals surface area contributed by atoms with Crippen molar-refractivity contribution in [1.82, 2.24) is 0 Å². The predicted octanol–water partition coefficient (Wildman–Crippen LogP) is 4.30. The van der Waals surface area contributed by atoms with E-state index in [4.69, 9.17) is 4.74 Å². The van der Waals surface area contributed by atoms with Gasteiger partial charge in [0.15, 0.2) is 5.78 Å². The van der Waals surface area contributed by atoms with Crippen LogP contribution in [-0.2, 0) is 0 Å². The summed E-state index contributed by atoms with van der Waals surface area (Å²) in [6.07, 6.45) is 0. The van der Waals surface area contributed by atoms with Crippen LogP contribution in [0.1, 0.15) is 15.9 Å². The summed E-state index contributed by atoms with van der Waals surface area (Å²) in [6, 6.07) is 21.5. The molecule has 0 unspecified atom stereocenters. The van der Waals surface area contributed by atoms with Crippen molar-refractivity contribution in [2.45, 2.75) is 0 Å².